The Hall–Kier alpha value is 0.370. The van der Waals surface area contributed by atoms with E-state index in [9.17, 15) is 4.79 Å². The number of carboxylic acid groups (broad SMARTS) is 1. The predicted octanol–water partition coefficient (Wildman–Crippen LogP) is 11.6. The average molecular weight is 613 g/mol. The zero-order valence-electron chi connectivity index (χ0n) is 23.7. The average Bonchev–Trinajstić information content (AvgIpc) is 2.80. The Morgan fingerprint density at radius 2 is 0.853 bits per heavy atom. The molecule has 0 spiro atoms. The van der Waals surface area contributed by atoms with Crippen LogP contribution in [-0.2, 0) is 4.79 Å². The molecule has 0 saturated carbocycles. The Bertz CT molecular complexity index is 377. The molecule has 0 radical (unpaired) electrons. The summed E-state index contributed by atoms with van der Waals surface area (Å²) in [6.45, 7) is 12.2. The molecule has 0 unspecified atom stereocenters. The third-order valence-corrected chi connectivity index (χ3v) is 9.18. The topological polar surface area (TPSA) is 37.3 Å². The van der Waals surface area contributed by atoms with Gasteiger partial charge < -0.3 is 5.11 Å². The number of aliphatic carboxylic acids is 1. The Morgan fingerprint density at radius 3 is 1.09 bits per heavy atom. The van der Waals surface area contributed by atoms with Gasteiger partial charge in [-0.3, -0.25) is 0 Å². The van der Waals surface area contributed by atoms with Crippen molar-refractivity contribution in [3.05, 3.63) is 12.2 Å². The molecule has 1 N–H and O–H groups in total. The van der Waals surface area contributed by atoms with Crippen molar-refractivity contribution < 1.29 is 9.90 Å². The number of hydrogen-bond acceptors (Lipinski definition) is 1. The quantitative estimate of drug-likeness (QED) is 0.0510. The van der Waals surface area contributed by atoms with Crippen molar-refractivity contribution in [1.82, 2.24) is 0 Å². The molecule has 0 atom stereocenters. The van der Waals surface area contributed by atoms with Gasteiger partial charge in [-0.2, -0.15) is 0 Å². The van der Waals surface area contributed by atoms with E-state index in [1.807, 2.05) is 6.92 Å². The highest BCUT2D eigenvalue weighted by atomic mass is 127. The number of rotatable bonds is 24. The van der Waals surface area contributed by atoms with Crippen LogP contribution in [0.5, 0.6) is 0 Å². The zero-order valence-corrected chi connectivity index (χ0v) is 26.9. The second-order valence-corrected chi connectivity index (χ2v) is 12.5. The van der Waals surface area contributed by atoms with Gasteiger partial charge in [-0.1, -0.05) is 137 Å². The standard InChI is InChI=1S/C24H51P.C6H10O2.HI/c1-4-7-10-13-16-19-22-25(23-20-17-14-11-8-5-2)24-21-18-15-12-9-6-3;1-3-4-5(2)6(7)8;/h4-24H2,1-3H3;2-4H2,1H3,(H,7,8);1H. The largest absolute Gasteiger partial charge is 0.478 e. The molecule has 0 aromatic heterocycles. The van der Waals surface area contributed by atoms with Crippen LogP contribution in [0.3, 0.4) is 0 Å². The first-order chi connectivity index (χ1) is 16.0. The van der Waals surface area contributed by atoms with Gasteiger partial charge in [0.25, 0.3) is 0 Å². The molecule has 0 aromatic carbocycles. The first-order valence-electron chi connectivity index (χ1n) is 14.7. The Morgan fingerprint density at radius 1 is 0.559 bits per heavy atom. The molecule has 0 amide bonds. The SMILES string of the molecule is C=C(CCC)C(=O)O.CCCCCCCCP(CCCCCCCC)CCCCCCCC.I. The molecular formula is C30H62IO2P. The lowest BCUT2D eigenvalue weighted by atomic mass is 10.1. The van der Waals surface area contributed by atoms with Gasteiger partial charge in [0.2, 0.25) is 0 Å². The third kappa shape index (κ3) is 32.4. The van der Waals surface area contributed by atoms with Gasteiger partial charge in [0, 0.05) is 5.57 Å². The summed E-state index contributed by atoms with van der Waals surface area (Å²) in [5, 5.41) is 8.21. The summed E-state index contributed by atoms with van der Waals surface area (Å²) in [6, 6.07) is 0. The minimum Gasteiger partial charge on any atom is -0.478 e. The molecule has 0 aliphatic rings. The molecule has 206 valence electrons. The highest BCUT2D eigenvalue weighted by molar-refractivity contribution is 14.0. The molecule has 4 heteroatoms. The number of carbonyl (C=O) groups is 1. The molecule has 0 aromatic rings. The predicted molar refractivity (Wildman–Crippen MR) is 169 cm³/mol. The first-order valence-corrected chi connectivity index (χ1v) is 16.6. The van der Waals surface area contributed by atoms with Crippen molar-refractivity contribution in [3.8, 4) is 0 Å². The lowest BCUT2D eigenvalue weighted by Crippen LogP contribution is -1.97. The molecular weight excluding hydrogens is 550 g/mol. The van der Waals surface area contributed by atoms with E-state index in [1.165, 1.54) is 116 Å². The lowest BCUT2D eigenvalue weighted by molar-refractivity contribution is -0.132. The molecule has 0 aliphatic heterocycles. The summed E-state index contributed by atoms with van der Waals surface area (Å²) in [5.41, 5.74) is 0.299. The highest BCUT2D eigenvalue weighted by Gasteiger charge is 2.08. The minimum absolute atomic E-state index is 0. The minimum atomic E-state index is -0.883. The number of halogens is 1. The van der Waals surface area contributed by atoms with Crippen LogP contribution in [0.15, 0.2) is 12.2 Å². The van der Waals surface area contributed by atoms with Gasteiger partial charge in [-0.25, -0.2) is 4.79 Å². The lowest BCUT2D eigenvalue weighted by Gasteiger charge is -2.18. The fraction of sp³-hybridized carbons (Fsp3) is 0.900. The van der Waals surface area contributed by atoms with Gasteiger partial charge in [-0.05, 0) is 44.2 Å². The summed E-state index contributed by atoms with van der Waals surface area (Å²) in [5.74, 6) is -0.883. The highest BCUT2D eigenvalue weighted by Crippen LogP contribution is 2.39. The molecule has 0 bridgehead atoms. The van der Waals surface area contributed by atoms with E-state index >= 15 is 0 Å². The Balaban J connectivity index is -0.000000910. The second-order valence-electron chi connectivity index (χ2n) is 9.80. The monoisotopic (exact) mass is 612 g/mol. The van der Waals surface area contributed by atoms with Gasteiger partial charge in [0.05, 0.1) is 0 Å². The molecule has 0 rings (SSSR count). The summed E-state index contributed by atoms with van der Waals surface area (Å²) < 4.78 is 0. The van der Waals surface area contributed by atoms with Crippen molar-refractivity contribution in [2.75, 3.05) is 18.5 Å². The van der Waals surface area contributed by atoms with Gasteiger partial charge in [0.15, 0.2) is 0 Å². The van der Waals surface area contributed by atoms with Crippen LogP contribution >= 0.6 is 31.9 Å². The summed E-state index contributed by atoms with van der Waals surface area (Å²) in [4.78, 5) is 9.99. The maximum Gasteiger partial charge on any atom is 0.330 e. The van der Waals surface area contributed by atoms with Crippen molar-refractivity contribution in [2.24, 2.45) is 0 Å². The van der Waals surface area contributed by atoms with E-state index in [2.05, 4.69) is 27.4 Å². The van der Waals surface area contributed by atoms with E-state index < -0.39 is 5.97 Å². The molecule has 34 heavy (non-hydrogen) atoms. The fourth-order valence-corrected chi connectivity index (χ4v) is 6.77. The Labute approximate surface area is 233 Å². The van der Waals surface area contributed by atoms with Crippen LogP contribution in [0.4, 0.5) is 0 Å². The Kier molecular flexibility index (Phi) is 38.2. The van der Waals surface area contributed by atoms with Gasteiger partial charge in [0.1, 0.15) is 0 Å². The van der Waals surface area contributed by atoms with E-state index in [0.717, 1.165) is 6.42 Å². The van der Waals surface area contributed by atoms with Crippen LogP contribution in [0.2, 0.25) is 0 Å². The summed E-state index contributed by atoms with van der Waals surface area (Å²) in [7, 11) is 0.366. The third-order valence-electron chi connectivity index (χ3n) is 6.34. The molecule has 0 aliphatic carbocycles. The molecule has 0 saturated heterocycles. The van der Waals surface area contributed by atoms with Crippen molar-refractivity contribution in [1.29, 1.82) is 0 Å². The zero-order chi connectivity index (χ0) is 25.0. The van der Waals surface area contributed by atoms with E-state index in [1.54, 1.807) is 18.5 Å². The van der Waals surface area contributed by atoms with Crippen LogP contribution in [0.25, 0.3) is 0 Å². The molecule has 0 heterocycles. The normalized spacial score (nSPS) is 10.5. The van der Waals surface area contributed by atoms with Gasteiger partial charge in [-0.15, -0.1) is 31.9 Å². The molecule has 2 nitrogen and oxygen atoms in total. The smallest absolute Gasteiger partial charge is 0.330 e. The first kappa shape index (κ1) is 38.9. The van der Waals surface area contributed by atoms with Crippen LogP contribution in [0, 0.1) is 0 Å². The van der Waals surface area contributed by atoms with Crippen LogP contribution in [0.1, 0.15) is 156 Å². The van der Waals surface area contributed by atoms with Crippen LogP contribution in [-0.4, -0.2) is 29.6 Å². The van der Waals surface area contributed by atoms with Gasteiger partial charge >= 0.3 is 5.97 Å². The van der Waals surface area contributed by atoms with Crippen molar-refractivity contribution in [2.45, 2.75) is 156 Å². The summed E-state index contributed by atoms with van der Waals surface area (Å²) in [6.07, 6.45) is 32.7. The van der Waals surface area contributed by atoms with Crippen LogP contribution < -0.4 is 0 Å². The van der Waals surface area contributed by atoms with E-state index in [0.29, 0.717) is 19.9 Å². The summed E-state index contributed by atoms with van der Waals surface area (Å²) >= 11 is 0. The van der Waals surface area contributed by atoms with Crippen molar-refractivity contribution in [3.63, 3.8) is 0 Å². The van der Waals surface area contributed by atoms with E-state index in [-0.39, 0.29) is 24.0 Å². The maximum absolute atomic E-state index is 9.99. The number of unbranched alkanes of at least 4 members (excludes halogenated alkanes) is 15. The molecule has 0 fully saturated rings. The fourth-order valence-electron chi connectivity index (χ4n) is 4.09. The van der Waals surface area contributed by atoms with E-state index in [4.69, 9.17) is 5.11 Å². The number of carboxylic acids is 1. The maximum atomic E-state index is 9.99. The second kappa shape index (κ2) is 33.4. The van der Waals surface area contributed by atoms with Crippen molar-refractivity contribution >= 4 is 37.9 Å². The number of hydrogen-bond donors (Lipinski definition) is 1.